The fourth-order valence-corrected chi connectivity index (χ4v) is 1.88. The quantitative estimate of drug-likeness (QED) is 0.756. The summed E-state index contributed by atoms with van der Waals surface area (Å²) in [5.74, 6) is 0.508. The van der Waals surface area contributed by atoms with E-state index in [1.165, 1.54) is 0 Å². The zero-order valence-corrected chi connectivity index (χ0v) is 8.44. The van der Waals surface area contributed by atoms with Crippen molar-refractivity contribution in [1.29, 1.82) is 0 Å². The van der Waals surface area contributed by atoms with Crippen molar-refractivity contribution in [3.8, 4) is 0 Å². The molecule has 0 unspecified atom stereocenters. The van der Waals surface area contributed by atoms with E-state index in [1.54, 1.807) is 6.08 Å². The Morgan fingerprint density at radius 2 is 1.85 bits per heavy atom. The maximum absolute atomic E-state index is 5.94. The van der Waals surface area contributed by atoms with Crippen molar-refractivity contribution < 1.29 is 0 Å². The molecule has 1 aromatic heterocycles. The van der Waals surface area contributed by atoms with Crippen molar-refractivity contribution in [3.63, 3.8) is 0 Å². The third-order valence-corrected chi connectivity index (χ3v) is 2.71. The minimum Gasteiger partial charge on any atom is -0.137 e. The topological polar surface area (TPSA) is 25.8 Å². The van der Waals surface area contributed by atoms with Gasteiger partial charge in [0, 0.05) is 11.1 Å². The van der Waals surface area contributed by atoms with Crippen LogP contribution in [-0.4, -0.2) is 10.2 Å². The second kappa shape index (κ2) is 3.28. The van der Waals surface area contributed by atoms with E-state index < -0.39 is 0 Å². The summed E-state index contributed by atoms with van der Waals surface area (Å²) in [5.41, 5.74) is 1.85. The zero-order valence-electron chi connectivity index (χ0n) is 6.93. The molecule has 68 valence electrons. The third-order valence-electron chi connectivity index (χ3n) is 2.15. The highest BCUT2D eigenvalue weighted by molar-refractivity contribution is 6.33. The molecule has 0 spiro atoms. The summed E-state index contributed by atoms with van der Waals surface area (Å²) in [7, 11) is 0. The number of halogens is 2. The lowest BCUT2D eigenvalue weighted by Gasteiger charge is -2.06. The van der Waals surface area contributed by atoms with Crippen molar-refractivity contribution in [2.24, 2.45) is 0 Å². The van der Waals surface area contributed by atoms with E-state index in [9.17, 15) is 0 Å². The van der Waals surface area contributed by atoms with Crippen LogP contribution in [0.25, 0.3) is 6.08 Å². The molecule has 0 aliphatic heterocycles. The van der Waals surface area contributed by atoms with Crippen LogP contribution in [-0.2, 0) is 0 Å². The first-order valence-electron chi connectivity index (χ1n) is 4.08. The Hall–Kier alpha value is -0.600. The lowest BCUT2D eigenvalue weighted by molar-refractivity contribution is 0.973. The van der Waals surface area contributed by atoms with Crippen LogP contribution < -0.4 is 0 Å². The molecule has 0 aromatic carbocycles. The summed E-state index contributed by atoms with van der Waals surface area (Å²) in [6, 6.07) is 0. The monoisotopic (exact) mass is 214 g/mol. The van der Waals surface area contributed by atoms with Crippen LogP contribution in [0.15, 0.2) is 6.58 Å². The van der Waals surface area contributed by atoms with Gasteiger partial charge < -0.3 is 0 Å². The molecule has 4 heteroatoms. The molecule has 1 aromatic rings. The molecule has 0 saturated heterocycles. The van der Waals surface area contributed by atoms with Gasteiger partial charge in [0.15, 0.2) is 10.3 Å². The average Bonchev–Trinajstić information content (AvgIpc) is 2.91. The van der Waals surface area contributed by atoms with Gasteiger partial charge in [0.25, 0.3) is 0 Å². The highest BCUT2D eigenvalue weighted by Gasteiger charge is 2.29. The Morgan fingerprint density at radius 1 is 1.23 bits per heavy atom. The molecule has 1 saturated carbocycles. The summed E-state index contributed by atoms with van der Waals surface area (Å²) >= 11 is 11.8. The van der Waals surface area contributed by atoms with Crippen molar-refractivity contribution in [2.75, 3.05) is 0 Å². The van der Waals surface area contributed by atoms with Gasteiger partial charge in [0.1, 0.15) is 0 Å². The zero-order chi connectivity index (χ0) is 9.42. The normalized spacial score (nSPS) is 15.8. The Balaban J connectivity index is 2.60. The number of aromatic nitrogens is 2. The fourth-order valence-electron chi connectivity index (χ4n) is 1.37. The highest BCUT2D eigenvalue weighted by atomic mass is 35.5. The van der Waals surface area contributed by atoms with Gasteiger partial charge in [0.2, 0.25) is 0 Å². The first kappa shape index (κ1) is 8.97. The maximum Gasteiger partial charge on any atom is 0.159 e. The van der Waals surface area contributed by atoms with Crippen molar-refractivity contribution >= 4 is 29.3 Å². The van der Waals surface area contributed by atoms with Crippen LogP contribution in [0.4, 0.5) is 0 Å². The van der Waals surface area contributed by atoms with E-state index in [0.29, 0.717) is 16.2 Å². The predicted octanol–water partition coefficient (Wildman–Crippen LogP) is 3.30. The Labute approximate surface area is 86.6 Å². The van der Waals surface area contributed by atoms with Gasteiger partial charge in [-0.1, -0.05) is 35.9 Å². The lowest BCUT2D eigenvalue weighted by atomic mass is 10.1. The molecule has 1 heterocycles. The standard InChI is InChI=1S/C9H8Cl2N2/c1-2-6-7(5-3-4-5)9(11)13-12-8(6)10/h2,5H,1,3-4H2. The first-order chi connectivity index (χ1) is 6.24. The molecule has 1 fully saturated rings. The van der Waals surface area contributed by atoms with Gasteiger partial charge in [-0.2, -0.15) is 0 Å². The molecule has 0 radical (unpaired) electrons. The van der Waals surface area contributed by atoms with Crippen LogP contribution in [0.2, 0.25) is 10.3 Å². The number of rotatable bonds is 2. The van der Waals surface area contributed by atoms with Crippen molar-refractivity contribution in [1.82, 2.24) is 10.2 Å². The summed E-state index contributed by atoms with van der Waals surface area (Å²) in [5, 5.41) is 8.37. The van der Waals surface area contributed by atoms with Crippen LogP contribution in [0.1, 0.15) is 29.9 Å². The van der Waals surface area contributed by atoms with Gasteiger partial charge in [-0.15, -0.1) is 10.2 Å². The average molecular weight is 215 g/mol. The van der Waals surface area contributed by atoms with E-state index in [1.807, 2.05) is 0 Å². The maximum atomic E-state index is 5.94. The third kappa shape index (κ3) is 1.56. The molecular weight excluding hydrogens is 207 g/mol. The Kier molecular flexibility index (Phi) is 2.26. The van der Waals surface area contributed by atoms with Gasteiger partial charge in [-0.25, -0.2) is 0 Å². The fraction of sp³-hybridized carbons (Fsp3) is 0.333. The highest BCUT2D eigenvalue weighted by Crippen LogP contribution is 2.45. The summed E-state index contributed by atoms with van der Waals surface area (Å²) in [6.45, 7) is 3.69. The molecule has 2 rings (SSSR count). The predicted molar refractivity (Wildman–Crippen MR) is 54.1 cm³/mol. The number of hydrogen-bond donors (Lipinski definition) is 0. The summed E-state index contributed by atoms with van der Waals surface area (Å²) in [4.78, 5) is 0. The minimum absolute atomic E-state index is 0.390. The number of hydrogen-bond acceptors (Lipinski definition) is 2. The van der Waals surface area contributed by atoms with Crippen molar-refractivity contribution in [3.05, 3.63) is 28.0 Å². The molecule has 1 aliphatic carbocycles. The van der Waals surface area contributed by atoms with Gasteiger partial charge in [0.05, 0.1) is 0 Å². The molecule has 2 nitrogen and oxygen atoms in total. The second-order valence-corrected chi connectivity index (χ2v) is 3.80. The van der Waals surface area contributed by atoms with E-state index in [4.69, 9.17) is 23.2 Å². The molecule has 0 amide bonds. The smallest absolute Gasteiger partial charge is 0.137 e. The Bertz CT molecular complexity index is 359. The van der Waals surface area contributed by atoms with Crippen molar-refractivity contribution in [2.45, 2.75) is 18.8 Å². The van der Waals surface area contributed by atoms with Crippen LogP contribution in [0.3, 0.4) is 0 Å². The molecule has 0 atom stereocenters. The molecular formula is C9H8Cl2N2. The summed E-state index contributed by atoms with van der Waals surface area (Å²) in [6.07, 6.45) is 4.00. The SMILES string of the molecule is C=Cc1c(Cl)nnc(Cl)c1C1CC1. The second-order valence-electron chi connectivity index (χ2n) is 3.09. The van der Waals surface area contributed by atoms with Gasteiger partial charge in [-0.05, 0) is 18.8 Å². The van der Waals surface area contributed by atoms with Crippen LogP contribution in [0.5, 0.6) is 0 Å². The first-order valence-corrected chi connectivity index (χ1v) is 4.83. The molecule has 0 bridgehead atoms. The van der Waals surface area contributed by atoms with E-state index in [-0.39, 0.29) is 0 Å². The van der Waals surface area contributed by atoms with E-state index >= 15 is 0 Å². The van der Waals surface area contributed by atoms with Gasteiger partial charge >= 0.3 is 0 Å². The van der Waals surface area contributed by atoms with E-state index in [0.717, 1.165) is 24.0 Å². The van der Waals surface area contributed by atoms with Crippen LogP contribution >= 0.6 is 23.2 Å². The lowest BCUT2D eigenvalue weighted by Crippen LogP contribution is -1.95. The Morgan fingerprint density at radius 3 is 2.38 bits per heavy atom. The molecule has 13 heavy (non-hydrogen) atoms. The largest absolute Gasteiger partial charge is 0.159 e. The summed E-state index contributed by atoms with van der Waals surface area (Å²) < 4.78 is 0. The number of nitrogens with zero attached hydrogens (tertiary/aromatic N) is 2. The molecule has 1 aliphatic rings. The van der Waals surface area contributed by atoms with Gasteiger partial charge in [-0.3, -0.25) is 0 Å². The van der Waals surface area contributed by atoms with Crippen LogP contribution in [0, 0.1) is 0 Å². The molecule has 0 N–H and O–H groups in total. The minimum atomic E-state index is 0.390. The van der Waals surface area contributed by atoms with E-state index in [2.05, 4.69) is 16.8 Å².